The van der Waals surface area contributed by atoms with E-state index in [1.54, 1.807) is 6.07 Å². The Labute approximate surface area is 119 Å². The molecule has 19 heavy (non-hydrogen) atoms. The van der Waals surface area contributed by atoms with Crippen molar-refractivity contribution in [2.45, 2.75) is 37.6 Å². The minimum Gasteiger partial charge on any atom is -0.312 e. The van der Waals surface area contributed by atoms with E-state index in [-0.39, 0.29) is 0 Å². The molecule has 0 atom stereocenters. The van der Waals surface area contributed by atoms with Crippen LogP contribution in [0.1, 0.15) is 31.1 Å². The van der Waals surface area contributed by atoms with Crippen LogP contribution >= 0.6 is 11.3 Å². The Morgan fingerprint density at radius 3 is 2.74 bits per heavy atom. The lowest BCUT2D eigenvalue weighted by molar-refractivity contribution is 0.200. The van der Waals surface area contributed by atoms with Crippen LogP contribution in [-0.4, -0.2) is 33.1 Å². The van der Waals surface area contributed by atoms with Crippen molar-refractivity contribution < 1.29 is 8.42 Å². The largest absolute Gasteiger partial charge is 0.312 e. The van der Waals surface area contributed by atoms with Gasteiger partial charge in [0, 0.05) is 24.5 Å². The molecular formula is C12H21N3O2S2. The molecule has 5 nitrogen and oxygen atoms in total. The van der Waals surface area contributed by atoms with E-state index in [0.717, 1.165) is 37.4 Å². The maximum Gasteiger partial charge on any atom is 0.254 e. The molecule has 0 unspecified atom stereocenters. The molecule has 0 spiro atoms. The van der Waals surface area contributed by atoms with Gasteiger partial charge in [-0.3, -0.25) is 0 Å². The summed E-state index contributed by atoms with van der Waals surface area (Å²) in [5, 5.41) is 6.82. The average Bonchev–Trinajstić information content (AvgIpc) is 2.86. The van der Waals surface area contributed by atoms with Gasteiger partial charge < -0.3 is 5.32 Å². The van der Waals surface area contributed by atoms with Crippen molar-refractivity contribution in [3.8, 4) is 0 Å². The number of sulfonamides is 1. The van der Waals surface area contributed by atoms with Gasteiger partial charge in [-0.2, -0.15) is 0 Å². The van der Waals surface area contributed by atoms with Crippen molar-refractivity contribution in [1.29, 1.82) is 0 Å². The van der Waals surface area contributed by atoms with Crippen LogP contribution in [-0.2, 0) is 16.6 Å². The molecule has 0 radical (unpaired) electrons. The second-order valence-corrected chi connectivity index (χ2v) is 7.26. The van der Waals surface area contributed by atoms with E-state index in [0.29, 0.717) is 11.4 Å². The Kier molecular flexibility index (Phi) is 5.35. The predicted octanol–water partition coefficient (Wildman–Crippen LogP) is 1.54. The van der Waals surface area contributed by atoms with E-state index < -0.39 is 10.0 Å². The third kappa shape index (κ3) is 4.00. The molecule has 0 saturated carbocycles. The molecule has 1 aromatic rings. The molecule has 1 aliphatic heterocycles. The summed E-state index contributed by atoms with van der Waals surface area (Å²) < 4.78 is 24.7. The summed E-state index contributed by atoms with van der Waals surface area (Å²) in [6.45, 7) is 5.03. The average molecular weight is 303 g/mol. The monoisotopic (exact) mass is 303 g/mol. The third-order valence-electron chi connectivity index (χ3n) is 3.13. The topological polar surface area (TPSA) is 61.4 Å². The normalized spacial score (nSPS) is 17.7. The SMILES string of the molecule is CCNCc1sccc1S(=O)(=O)NN1CCCCC1. The number of hydrogen-bond donors (Lipinski definition) is 2. The fourth-order valence-electron chi connectivity index (χ4n) is 2.14. The fourth-order valence-corrected chi connectivity index (χ4v) is 4.68. The first-order chi connectivity index (χ1) is 9.13. The summed E-state index contributed by atoms with van der Waals surface area (Å²) in [7, 11) is -3.43. The molecular weight excluding hydrogens is 282 g/mol. The van der Waals surface area contributed by atoms with Gasteiger partial charge in [0.25, 0.3) is 10.0 Å². The fraction of sp³-hybridized carbons (Fsp3) is 0.667. The Hall–Kier alpha value is -0.470. The second kappa shape index (κ2) is 6.81. The van der Waals surface area contributed by atoms with Crippen molar-refractivity contribution in [1.82, 2.24) is 15.2 Å². The second-order valence-electron chi connectivity index (χ2n) is 4.63. The number of hydrogen-bond acceptors (Lipinski definition) is 5. The summed E-state index contributed by atoms with van der Waals surface area (Å²) in [5.41, 5.74) is 0. The molecule has 7 heteroatoms. The lowest BCUT2D eigenvalue weighted by Crippen LogP contribution is -2.45. The van der Waals surface area contributed by atoms with Gasteiger partial charge in [0.2, 0.25) is 0 Å². The maximum absolute atomic E-state index is 12.4. The molecule has 0 bridgehead atoms. The van der Waals surface area contributed by atoms with E-state index in [1.165, 1.54) is 17.8 Å². The van der Waals surface area contributed by atoms with E-state index >= 15 is 0 Å². The zero-order valence-corrected chi connectivity index (χ0v) is 12.8. The van der Waals surface area contributed by atoms with E-state index in [2.05, 4.69) is 10.1 Å². The summed E-state index contributed by atoms with van der Waals surface area (Å²) in [5.74, 6) is 0. The number of nitrogens with zero attached hydrogens (tertiary/aromatic N) is 1. The smallest absolute Gasteiger partial charge is 0.254 e. The van der Waals surface area contributed by atoms with Crippen molar-refractivity contribution in [2.75, 3.05) is 19.6 Å². The van der Waals surface area contributed by atoms with Crippen molar-refractivity contribution in [3.63, 3.8) is 0 Å². The highest BCUT2D eigenvalue weighted by atomic mass is 32.2. The van der Waals surface area contributed by atoms with Crippen LogP contribution in [0, 0.1) is 0 Å². The highest BCUT2D eigenvalue weighted by Crippen LogP contribution is 2.22. The lowest BCUT2D eigenvalue weighted by atomic mass is 10.2. The highest BCUT2D eigenvalue weighted by Gasteiger charge is 2.23. The Morgan fingerprint density at radius 1 is 1.32 bits per heavy atom. The molecule has 0 aromatic carbocycles. The summed E-state index contributed by atoms with van der Waals surface area (Å²) in [6, 6.07) is 1.68. The van der Waals surface area contributed by atoms with Crippen molar-refractivity contribution in [3.05, 3.63) is 16.3 Å². The molecule has 108 valence electrons. The Bertz CT molecular complexity index is 493. The first-order valence-corrected chi connectivity index (χ1v) is 9.04. The number of rotatable bonds is 6. The zero-order chi connectivity index (χ0) is 13.7. The predicted molar refractivity (Wildman–Crippen MR) is 77.4 cm³/mol. The van der Waals surface area contributed by atoms with Crippen LogP contribution in [0.2, 0.25) is 0 Å². The molecule has 1 aliphatic rings. The van der Waals surface area contributed by atoms with Gasteiger partial charge in [-0.15, -0.1) is 16.2 Å². The molecule has 2 heterocycles. The van der Waals surface area contributed by atoms with Crippen molar-refractivity contribution >= 4 is 21.4 Å². The summed E-state index contributed by atoms with van der Waals surface area (Å²) >= 11 is 1.48. The van der Waals surface area contributed by atoms with Crippen LogP contribution in [0.4, 0.5) is 0 Å². The number of hydrazine groups is 1. The minimum absolute atomic E-state index is 0.407. The van der Waals surface area contributed by atoms with E-state index in [1.807, 2.05) is 17.3 Å². The first kappa shape index (κ1) is 14.9. The quantitative estimate of drug-likeness (QED) is 0.837. The van der Waals surface area contributed by atoms with Gasteiger partial charge in [0.1, 0.15) is 0 Å². The van der Waals surface area contributed by atoms with Crippen LogP contribution in [0.5, 0.6) is 0 Å². The molecule has 1 saturated heterocycles. The minimum atomic E-state index is -3.43. The highest BCUT2D eigenvalue weighted by molar-refractivity contribution is 7.89. The van der Waals surface area contributed by atoms with Crippen LogP contribution in [0.3, 0.4) is 0 Å². The molecule has 0 aliphatic carbocycles. The molecule has 1 fully saturated rings. The molecule has 2 rings (SSSR count). The van der Waals surface area contributed by atoms with Crippen LogP contribution in [0.15, 0.2) is 16.3 Å². The molecule has 1 aromatic heterocycles. The van der Waals surface area contributed by atoms with Crippen LogP contribution in [0.25, 0.3) is 0 Å². The van der Waals surface area contributed by atoms with Crippen LogP contribution < -0.4 is 10.1 Å². The van der Waals surface area contributed by atoms with E-state index in [4.69, 9.17) is 0 Å². The number of nitrogens with one attached hydrogen (secondary N) is 2. The van der Waals surface area contributed by atoms with Gasteiger partial charge in [0.15, 0.2) is 0 Å². The van der Waals surface area contributed by atoms with Gasteiger partial charge >= 0.3 is 0 Å². The van der Waals surface area contributed by atoms with Gasteiger partial charge in [-0.1, -0.05) is 13.3 Å². The summed E-state index contributed by atoms with van der Waals surface area (Å²) in [4.78, 5) is 3.97. The zero-order valence-electron chi connectivity index (χ0n) is 11.2. The summed E-state index contributed by atoms with van der Waals surface area (Å²) in [6.07, 6.45) is 3.29. The lowest BCUT2D eigenvalue weighted by Gasteiger charge is -2.26. The standard InChI is InChI=1S/C12H21N3O2S2/c1-2-13-10-11-12(6-9-18-11)19(16,17)14-15-7-4-3-5-8-15/h6,9,13-14H,2-5,7-8,10H2,1H3. The van der Waals surface area contributed by atoms with Gasteiger partial charge in [-0.05, 0) is 30.8 Å². The molecule has 2 N–H and O–H groups in total. The maximum atomic E-state index is 12.4. The Morgan fingerprint density at radius 2 is 2.05 bits per heavy atom. The van der Waals surface area contributed by atoms with Gasteiger partial charge in [0.05, 0.1) is 4.90 Å². The number of piperidine rings is 1. The first-order valence-electron chi connectivity index (χ1n) is 6.68. The van der Waals surface area contributed by atoms with Gasteiger partial charge in [-0.25, -0.2) is 13.4 Å². The van der Waals surface area contributed by atoms with Crippen molar-refractivity contribution in [2.24, 2.45) is 0 Å². The third-order valence-corrected chi connectivity index (χ3v) is 5.65. The van der Waals surface area contributed by atoms with E-state index in [9.17, 15) is 8.42 Å². The number of thiophene rings is 1. The molecule has 0 amide bonds. The Balaban J connectivity index is 2.08.